The van der Waals surface area contributed by atoms with E-state index in [0.29, 0.717) is 6.54 Å². The fraction of sp³-hybridized carbons (Fsp3) is 0.538. The van der Waals surface area contributed by atoms with Gasteiger partial charge in [-0.25, -0.2) is 0 Å². The van der Waals surface area contributed by atoms with Gasteiger partial charge in [-0.15, -0.1) is 0 Å². The van der Waals surface area contributed by atoms with E-state index in [0.717, 1.165) is 13.0 Å². The number of rotatable bonds is 6. The normalized spacial score (nSPS) is 12.8. The summed E-state index contributed by atoms with van der Waals surface area (Å²) in [5.41, 5.74) is 3.93. The standard InChI is InChI=1S/C13H21NO2/c1-10-3-4-12(7-11(10)2)5-6-14-8-13(16)9-15/h3-4,7,13-16H,5-6,8-9H2,1-2H3. The van der Waals surface area contributed by atoms with Crippen molar-refractivity contribution in [1.82, 2.24) is 5.32 Å². The molecule has 0 aliphatic heterocycles. The van der Waals surface area contributed by atoms with Gasteiger partial charge in [0.1, 0.15) is 0 Å². The highest BCUT2D eigenvalue weighted by atomic mass is 16.3. The van der Waals surface area contributed by atoms with Crippen LogP contribution >= 0.6 is 0 Å². The Morgan fingerprint density at radius 2 is 2.00 bits per heavy atom. The van der Waals surface area contributed by atoms with Gasteiger partial charge in [0.15, 0.2) is 0 Å². The molecule has 0 saturated carbocycles. The number of hydrogen-bond acceptors (Lipinski definition) is 3. The van der Waals surface area contributed by atoms with E-state index in [2.05, 4.69) is 37.4 Å². The number of aliphatic hydroxyl groups excluding tert-OH is 2. The minimum atomic E-state index is -0.653. The smallest absolute Gasteiger partial charge is 0.0894 e. The predicted octanol–water partition coefficient (Wildman–Crippen LogP) is 0.789. The van der Waals surface area contributed by atoms with Crippen molar-refractivity contribution >= 4 is 0 Å². The maximum absolute atomic E-state index is 9.12. The molecule has 1 atom stereocenters. The van der Waals surface area contributed by atoms with Gasteiger partial charge in [0, 0.05) is 6.54 Å². The van der Waals surface area contributed by atoms with E-state index < -0.39 is 6.10 Å². The molecule has 0 fully saturated rings. The van der Waals surface area contributed by atoms with E-state index in [9.17, 15) is 0 Å². The zero-order chi connectivity index (χ0) is 12.0. The van der Waals surface area contributed by atoms with Crippen LogP contribution in [0, 0.1) is 13.8 Å². The summed E-state index contributed by atoms with van der Waals surface area (Å²) in [7, 11) is 0. The van der Waals surface area contributed by atoms with Gasteiger partial charge in [0.2, 0.25) is 0 Å². The lowest BCUT2D eigenvalue weighted by Crippen LogP contribution is -2.30. The molecule has 0 saturated heterocycles. The molecular formula is C13H21NO2. The lowest BCUT2D eigenvalue weighted by Gasteiger charge is -2.09. The van der Waals surface area contributed by atoms with Crippen LogP contribution in [-0.4, -0.2) is 36.0 Å². The van der Waals surface area contributed by atoms with Crippen LogP contribution < -0.4 is 5.32 Å². The van der Waals surface area contributed by atoms with Crippen LogP contribution in [0.4, 0.5) is 0 Å². The van der Waals surface area contributed by atoms with Gasteiger partial charge in [0.25, 0.3) is 0 Å². The van der Waals surface area contributed by atoms with Gasteiger partial charge in [-0.3, -0.25) is 0 Å². The Hall–Kier alpha value is -0.900. The van der Waals surface area contributed by atoms with Crippen LogP contribution in [0.5, 0.6) is 0 Å². The second kappa shape index (κ2) is 6.63. The molecule has 0 aromatic heterocycles. The van der Waals surface area contributed by atoms with Crippen LogP contribution in [-0.2, 0) is 6.42 Å². The van der Waals surface area contributed by atoms with Crippen molar-refractivity contribution in [3.8, 4) is 0 Å². The summed E-state index contributed by atoms with van der Waals surface area (Å²) >= 11 is 0. The molecule has 3 heteroatoms. The minimum Gasteiger partial charge on any atom is -0.394 e. The molecule has 0 bridgehead atoms. The summed E-state index contributed by atoms with van der Waals surface area (Å²) in [6.07, 6.45) is 0.291. The molecule has 1 unspecified atom stereocenters. The summed E-state index contributed by atoms with van der Waals surface area (Å²) in [6, 6.07) is 6.46. The molecular weight excluding hydrogens is 202 g/mol. The van der Waals surface area contributed by atoms with Crippen molar-refractivity contribution in [2.75, 3.05) is 19.7 Å². The zero-order valence-electron chi connectivity index (χ0n) is 10.0. The highest BCUT2D eigenvalue weighted by molar-refractivity contribution is 5.29. The summed E-state index contributed by atoms with van der Waals surface area (Å²) in [5, 5.41) is 20.9. The van der Waals surface area contributed by atoms with Crippen LogP contribution in [0.1, 0.15) is 16.7 Å². The monoisotopic (exact) mass is 223 g/mol. The Morgan fingerprint density at radius 3 is 2.62 bits per heavy atom. The summed E-state index contributed by atoms with van der Waals surface area (Å²) in [4.78, 5) is 0. The zero-order valence-corrected chi connectivity index (χ0v) is 10.0. The van der Waals surface area contributed by atoms with Crippen LogP contribution in [0.2, 0.25) is 0 Å². The predicted molar refractivity (Wildman–Crippen MR) is 65.6 cm³/mol. The maximum atomic E-state index is 9.12. The average Bonchev–Trinajstić information content (AvgIpc) is 2.28. The second-order valence-electron chi connectivity index (χ2n) is 4.21. The third-order valence-corrected chi connectivity index (χ3v) is 2.75. The molecule has 1 aromatic rings. The molecule has 0 radical (unpaired) electrons. The van der Waals surface area contributed by atoms with Crippen LogP contribution in [0.25, 0.3) is 0 Å². The van der Waals surface area contributed by atoms with Gasteiger partial charge < -0.3 is 15.5 Å². The molecule has 16 heavy (non-hydrogen) atoms. The molecule has 0 heterocycles. The summed E-state index contributed by atoms with van der Waals surface area (Å²) in [5.74, 6) is 0. The van der Waals surface area contributed by atoms with Crippen molar-refractivity contribution in [3.63, 3.8) is 0 Å². The van der Waals surface area contributed by atoms with E-state index in [1.807, 2.05) is 0 Å². The van der Waals surface area contributed by atoms with Gasteiger partial charge in [0.05, 0.1) is 12.7 Å². The molecule has 0 amide bonds. The molecule has 90 valence electrons. The first-order chi connectivity index (χ1) is 7.63. The largest absolute Gasteiger partial charge is 0.394 e. The van der Waals surface area contributed by atoms with E-state index in [1.165, 1.54) is 16.7 Å². The summed E-state index contributed by atoms with van der Waals surface area (Å²) in [6.45, 7) is 5.30. The SMILES string of the molecule is Cc1ccc(CCNCC(O)CO)cc1C. The third kappa shape index (κ3) is 4.31. The van der Waals surface area contributed by atoms with Crippen LogP contribution in [0.15, 0.2) is 18.2 Å². The number of benzene rings is 1. The quantitative estimate of drug-likeness (QED) is 0.625. The van der Waals surface area contributed by atoms with Crippen molar-refractivity contribution in [3.05, 3.63) is 34.9 Å². The van der Waals surface area contributed by atoms with Gasteiger partial charge >= 0.3 is 0 Å². The first-order valence-electron chi connectivity index (χ1n) is 5.69. The fourth-order valence-electron chi connectivity index (χ4n) is 1.52. The van der Waals surface area contributed by atoms with Crippen LogP contribution in [0.3, 0.4) is 0 Å². The van der Waals surface area contributed by atoms with Crippen molar-refractivity contribution in [2.24, 2.45) is 0 Å². The summed E-state index contributed by atoms with van der Waals surface area (Å²) < 4.78 is 0. The molecule has 0 aliphatic carbocycles. The Labute approximate surface area is 97.1 Å². The van der Waals surface area contributed by atoms with Gasteiger partial charge in [-0.2, -0.15) is 0 Å². The first kappa shape index (κ1) is 13.2. The highest BCUT2D eigenvalue weighted by Crippen LogP contribution is 2.09. The van der Waals surface area contributed by atoms with Crippen molar-refractivity contribution in [1.29, 1.82) is 0 Å². The lowest BCUT2D eigenvalue weighted by atomic mass is 10.0. The van der Waals surface area contributed by atoms with E-state index in [-0.39, 0.29) is 6.61 Å². The van der Waals surface area contributed by atoms with Crippen molar-refractivity contribution in [2.45, 2.75) is 26.4 Å². The Kier molecular flexibility index (Phi) is 5.46. The number of aryl methyl sites for hydroxylation is 2. The molecule has 3 nitrogen and oxygen atoms in total. The molecule has 1 aromatic carbocycles. The molecule has 0 aliphatic rings. The molecule has 1 rings (SSSR count). The van der Waals surface area contributed by atoms with Gasteiger partial charge in [-0.1, -0.05) is 18.2 Å². The fourth-order valence-corrected chi connectivity index (χ4v) is 1.52. The van der Waals surface area contributed by atoms with E-state index in [4.69, 9.17) is 10.2 Å². The Bertz CT molecular complexity index is 326. The number of nitrogens with one attached hydrogen (secondary N) is 1. The Balaban J connectivity index is 2.29. The highest BCUT2D eigenvalue weighted by Gasteiger charge is 2.00. The second-order valence-corrected chi connectivity index (χ2v) is 4.21. The van der Waals surface area contributed by atoms with E-state index >= 15 is 0 Å². The van der Waals surface area contributed by atoms with E-state index in [1.54, 1.807) is 0 Å². The molecule has 3 N–H and O–H groups in total. The maximum Gasteiger partial charge on any atom is 0.0894 e. The third-order valence-electron chi connectivity index (χ3n) is 2.75. The number of aliphatic hydroxyl groups is 2. The molecule has 0 spiro atoms. The Morgan fingerprint density at radius 1 is 1.25 bits per heavy atom. The topological polar surface area (TPSA) is 52.5 Å². The number of hydrogen-bond donors (Lipinski definition) is 3. The van der Waals surface area contributed by atoms with Crippen molar-refractivity contribution < 1.29 is 10.2 Å². The van der Waals surface area contributed by atoms with Gasteiger partial charge in [-0.05, 0) is 43.5 Å². The average molecular weight is 223 g/mol. The minimum absolute atomic E-state index is 0.184. The lowest BCUT2D eigenvalue weighted by molar-refractivity contribution is 0.0947. The first-order valence-corrected chi connectivity index (χ1v) is 5.69.